The summed E-state index contributed by atoms with van der Waals surface area (Å²) in [5, 5.41) is 12.7. The number of likely N-dealkylation sites (N-methyl/N-ethyl adjacent to an activating group) is 1. The molecule has 1 aromatic rings. The molecule has 1 aliphatic rings. The summed E-state index contributed by atoms with van der Waals surface area (Å²) >= 11 is 0. The van der Waals surface area contributed by atoms with Crippen molar-refractivity contribution in [2.24, 2.45) is 0 Å². The van der Waals surface area contributed by atoms with Crippen LogP contribution in [0.25, 0.3) is 0 Å². The maximum atomic E-state index is 12.3. The number of aliphatic hydroxyl groups is 1. The number of ether oxygens (including phenoxy) is 1. The van der Waals surface area contributed by atoms with Gasteiger partial charge in [-0.15, -0.1) is 0 Å². The third-order valence-electron chi connectivity index (χ3n) is 4.14. The Hall–Kier alpha value is -1.75. The lowest BCUT2D eigenvalue weighted by Gasteiger charge is -2.28. The van der Waals surface area contributed by atoms with Gasteiger partial charge in [-0.3, -0.25) is 0 Å². The summed E-state index contributed by atoms with van der Waals surface area (Å²) in [5.74, 6) is 0.758. The average Bonchev–Trinajstić information content (AvgIpc) is 3.01. The number of carbonyl (C=O) groups excluding carboxylic acids is 1. The molecule has 1 atom stereocenters. The fraction of sp³-hybridized carbons (Fsp3) is 0.562. The third-order valence-corrected chi connectivity index (χ3v) is 4.14. The van der Waals surface area contributed by atoms with Gasteiger partial charge in [-0.05, 0) is 30.5 Å². The highest BCUT2D eigenvalue weighted by molar-refractivity contribution is 5.74. The predicted molar refractivity (Wildman–Crippen MR) is 81.4 cm³/mol. The standard InChI is InChI=1S/C16H24N2O3/c1-18(16(20)17-13-5-3-4-6-13)15(11-19)12-7-9-14(21-2)10-8-12/h7-10,13,15,19H,3-6,11H2,1-2H3,(H,17,20). The molecule has 0 bridgehead atoms. The van der Waals surface area contributed by atoms with Crippen LogP contribution >= 0.6 is 0 Å². The molecule has 0 aromatic heterocycles. The van der Waals surface area contributed by atoms with Gasteiger partial charge in [0.25, 0.3) is 0 Å². The van der Waals surface area contributed by atoms with E-state index in [1.165, 1.54) is 12.8 Å². The number of aliphatic hydroxyl groups excluding tert-OH is 1. The van der Waals surface area contributed by atoms with E-state index in [1.807, 2.05) is 24.3 Å². The van der Waals surface area contributed by atoms with E-state index in [1.54, 1.807) is 19.1 Å². The monoisotopic (exact) mass is 292 g/mol. The van der Waals surface area contributed by atoms with Gasteiger partial charge in [0.05, 0.1) is 19.8 Å². The van der Waals surface area contributed by atoms with E-state index in [4.69, 9.17) is 4.74 Å². The Morgan fingerprint density at radius 2 is 2.00 bits per heavy atom. The number of benzene rings is 1. The lowest BCUT2D eigenvalue weighted by Crippen LogP contribution is -2.44. The quantitative estimate of drug-likeness (QED) is 0.875. The molecule has 21 heavy (non-hydrogen) atoms. The van der Waals surface area contributed by atoms with E-state index in [0.29, 0.717) is 0 Å². The summed E-state index contributed by atoms with van der Waals surface area (Å²) in [7, 11) is 3.33. The van der Waals surface area contributed by atoms with E-state index in [0.717, 1.165) is 24.2 Å². The second-order valence-electron chi connectivity index (χ2n) is 5.51. The third kappa shape index (κ3) is 3.88. The van der Waals surface area contributed by atoms with Gasteiger partial charge < -0.3 is 20.1 Å². The smallest absolute Gasteiger partial charge is 0.317 e. The van der Waals surface area contributed by atoms with Crippen LogP contribution in [-0.4, -0.2) is 42.8 Å². The number of hydrogen-bond acceptors (Lipinski definition) is 3. The van der Waals surface area contributed by atoms with Gasteiger partial charge in [-0.2, -0.15) is 0 Å². The van der Waals surface area contributed by atoms with E-state index in [9.17, 15) is 9.90 Å². The van der Waals surface area contributed by atoms with Crippen LogP contribution in [0.1, 0.15) is 37.3 Å². The van der Waals surface area contributed by atoms with Gasteiger partial charge in [0, 0.05) is 13.1 Å². The first kappa shape index (κ1) is 15.6. The number of nitrogens with one attached hydrogen (secondary N) is 1. The fourth-order valence-electron chi connectivity index (χ4n) is 2.77. The minimum Gasteiger partial charge on any atom is -0.497 e. The number of amides is 2. The zero-order valence-electron chi connectivity index (χ0n) is 12.7. The van der Waals surface area contributed by atoms with Crippen LogP contribution in [0.15, 0.2) is 24.3 Å². The predicted octanol–water partition coefficient (Wildman–Crippen LogP) is 2.31. The summed E-state index contributed by atoms with van der Waals surface area (Å²) < 4.78 is 5.12. The number of urea groups is 1. The van der Waals surface area contributed by atoms with Crippen molar-refractivity contribution in [3.8, 4) is 5.75 Å². The molecule has 2 N–H and O–H groups in total. The molecule has 5 nitrogen and oxygen atoms in total. The van der Waals surface area contributed by atoms with Crippen molar-refractivity contribution >= 4 is 6.03 Å². The lowest BCUT2D eigenvalue weighted by atomic mass is 10.1. The number of nitrogens with zero attached hydrogens (tertiary/aromatic N) is 1. The van der Waals surface area contributed by atoms with Gasteiger partial charge in [-0.1, -0.05) is 25.0 Å². The lowest BCUT2D eigenvalue weighted by molar-refractivity contribution is 0.147. The van der Waals surface area contributed by atoms with E-state index >= 15 is 0 Å². The second-order valence-corrected chi connectivity index (χ2v) is 5.51. The van der Waals surface area contributed by atoms with Crippen molar-refractivity contribution in [2.75, 3.05) is 20.8 Å². The zero-order chi connectivity index (χ0) is 15.2. The van der Waals surface area contributed by atoms with Crippen LogP contribution in [-0.2, 0) is 0 Å². The molecule has 0 radical (unpaired) electrons. The highest BCUT2D eigenvalue weighted by atomic mass is 16.5. The molecule has 1 unspecified atom stereocenters. The highest BCUT2D eigenvalue weighted by Crippen LogP contribution is 2.23. The number of hydrogen-bond donors (Lipinski definition) is 2. The Morgan fingerprint density at radius 3 is 2.52 bits per heavy atom. The molecular weight excluding hydrogens is 268 g/mol. The summed E-state index contributed by atoms with van der Waals surface area (Å²) in [6, 6.07) is 7.21. The minimum atomic E-state index is -0.350. The number of methoxy groups -OCH3 is 1. The molecule has 1 aliphatic carbocycles. The van der Waals surface area contributed by atoms with Crippen LogP contribution in [0, 0.1) is 0 Å². The summed E-state index contributed by atoms with van der Waals surface area (Å²) in [6.07, 6.45) is 4.45. The first-order chi connectivity index (χ1) is 10.2. The SMILES string of the molecule is COc1ccc(C(CO)N(C)C(=O)NC2CCCC2)cc1. The van der Waals surface area contributed by atoms with Crippen molar-refractivity contribution in [2.45, 2.75) is 37.8 Å². The van der Waals surface area contributed by atoms with Crippen molar-refractivity contribution < 1.29 is 14.6 Å². The summed E-state index contributed by atoms with van der Waals surface area (Å²) in [6.45, 7) is -0.110. The topological polar surface area (TPSA) is 61.8 Å². The van der Waals surface area contributed by atoms with Gasteiger partial charge in [0.1, 0.15) is 5.75 Å². The van der Waals surface area contributed by atoms with Crippen molar-refractivity contribution in [1.29, 1.82) is 0 Å². The molecule has 0 saturated heterocycles. The molecule has 5 heteroatoms. The van der Waals surface area contributed by atoms with Crippen LogP contribution in [0.5, 0.6) is 5.75 Å². The Morgan fingerprint density at radius 1 is 1.38 bits per heavy atom. The fourth-order valence-corrected chi connectivity index (χ4v) is 2.77. The van der Waals surface area contributed by atoms with E-state index in [-0.39, 0.29) is 24.7 Å². The molecule has 2 amide bonds. The Labute approximate surface area is 125 Å². The van der Waals surface area contributed by atoms with Crippen LogP contribution < -0.4 is 10.1 Å². The average molecular weight is 292 g/mol. The van der Waals surface area contributed by atoms with Crippen LogP contribution in [0.3, 0.4) is 0 Å². The molecule has 0 heterocycles. The second kappa shape index (κ2) is 7.31. The highest BCUT2D eigenvalue weighted by Gasteiger charge is 2.24. The molecule has 0 spiro atoms. The molecule has 1 fully saturated rings. The molecule has 1 aromatic carbocycles. The van der Waals surface area contributed by atoms with E-state index in [2.05, 4.69) is 5.32 Å². The maximum Gasteiger partial charge on any atom is 0.317 e. The van der Waals surface area contributed by atoms with Crippen molar-refractivity contribution in [3.05, 3.63) is 29.8 Å². The largest absolute Gasteiger partial charge is 0.497 e. The van der Waals surface area contributed by atoms with E-state index < -0.39 is 0 Å². The Balaban J connectivity index is 2.02. The molecule has 1 saturated carbocycles. The Bertz CT molecular complexity index is 455. The summed E-state index contributed by atoms with van der Waals surface area (Å²) in [4.78, 5) is 13.8. The minimum absolute atomic E-state index is 0.110. The number of rotatable bonds is 5. The summed E-state index contributed by atoms with van der Waals surface area (Å²) in [5.41, 5.74) is 0.891. The van der Waals surface area contributed by atoms with Gasteiger partial charge >= 0.3 is 6.03 Å². The van der Waals surface area contributed by atoms with Gasteiger partial charge in [0.15, 0.2) is 0 Å². The Kier molecular flexibility index (Phi) is 5.44. The number of carbonyl (C=O) groups is 1. The first-order valence-corrected chi connectivity index (χ1v) is 7.44. The van der Waals surface area contributed by atoms with Crippen molar-refractivity contribution in [1.82, 2.24) is 10.2 Å². The molecule has 2 rings (SSSR count). The van der Waals surface area contributed by atoms with Crippen molar-refractivity contribution in [3.63, 3.8) is 0 Å². The van der Waals surface area contributed by atoms with Gasteiger partial charge in [0.2, 0.25) is 0 Å². The van der Waals surface area contributed by atoms with Crippen LogP contribution in [0.2, 0.25) is 0 Å². The first-order valence-electron chi connectivity index (χ1n) is 7.44. The van der Waals surface area contributed by atoms with Gasteiger partial charge in [-0.25, -0.2) is 4.79 Å². The molecule has 0 aliphatic heterocycles. The van der Waals surface area contributed by atoms with Crippen LogP contribution in [0.4, 0.5) is 4.79 Å². The molecule has 116 valence electrons. The molecular formula is C16H24N2O3. The normalized spacial score (nSPS) is 16.5. The zero-order valence-corrected chi connectivity index (χ0v) is 12.7. The maximum absolute atomic E-state index is 12.3.